The Balaban J connectivity index is 2.44. The van der Waals surface area contributed by atoms with Crippen molar-refractivity contribution in [3.05, 3.63) is 65.7 Å². The first-order valence-corrected chi connectivity index (χ1v) is 5.98. The van der Waals surface area contributed by atoms with Crippen LogP contribution in [0.3, 0.4) is 0 Å². The summed E-state index contributed by atoms with van der Waals surface area (Å²) in [5.41, 5.74) is 2.19. The van der Waals surface area contributed by atoms with Gasteiger partial charge in [0.25, 0.3) is 0 Å². The second-order valence-corrected chi connectivity index (χ2v) is 4.11. The number of hydrogen-bond donors (Lipinski definition) is 0. The van der Waals surface area contributed by atoms with Crippen molar-refractivity contribution >= 4 is 6.29 Å². The van der Waals surface area contributed by atoms with Crippen LogP contribution >= 0.6 is 0 Å². The number of carbonyl (C=O) groups is 1. The second-order valence-electron chi connectivity index (χ2n) is 4.11. The van der Waals surface area contributed by atoms with E-state index in [4.69, 9.17) is 4.74 Å². The van der Waals surface area contributed by atoms with Gasteiger partial charge in [-0.3, -0.25) is 0 Å². The van der Waals surface area contributed by atoms with Crippen molar-refractivity contribution < 1.29 is 9.53 Å². The van der Waals surface area contributed by atoms with Crippen molar-refractivity contribution in [1.29, 1.82) is 0 Å². The van der Waals surface area contributed by atoms with Gasteiger partial charge < -0.3 is 9.53 Å². The molecule has 2 nitrogen and oxygen atoms in total. The van der Waals surface area contributed by atoms with Crippen LogP contribution in [-0.4, -0.2) is 13.4 Å². The molecule has 0 heterocycles. The van der Waals surface area contributed by atoms with Gasteiger partial charge in [-0.2, -0.15) is 0 Å². The van der Waals surface area contributed by atoms with E-state index in [1.807, 2.05) is 54.6 Å². The summed E-state index contributed by atoms with van der Waals surface area (Å²) in [4.78, 5) is 10.9. The molecule has 0 unspecified atom stereocenters. The van der Waals surface area contributed by atoms with Gasteiger partial charge in [0, 0.05) is 17.9 Å². The Morgan fingerprint density at radius 2 is 1.72 bits per heavy atom. The van der Waals surface area contributed by atoms with Gasteiger partial charge in [0.1, 0.15) is 12.0 Å². The van der Waals surface area contributed by atoms with Crippen LogP contribution in [0.1, 0.15) is 23.5 Å². The van der Waals surface area contributed by atoms with E-state index in [1.54, 1.807) is 7.11 Å². The van der Waals surface area contributed by atoms with Crippen molar-refractivity contribution in [2.75, 3.05) is 7.11 Å². The maximum Gasteiger partial charge on any atom is 0.122 e. The molecular formula is C16H16O2. The summed E-state index contributed by atoms with van der Waals surface area (Å²) in [5.74, 6) is 0.882. The lowest BCUT2D eigenvalue weighted by molar-refractivity contribution is -0.108. The lowest BCUT2D eigenvalue weighted by atomic mass is 9.88. The second kappa shape index (κ2) is 6.01. The van der Waals surface area contributed by atoms with E-state index in [0.717, 1.165) is 23.2 Å². The van der Waals surface area contributed by atoms with Crippen LogP contribution in [0.5, 0.6) is 5.75 Å². The minimum absolute atomic E-state index is 0.0554. The first-order valence-electron chi connectivity index (χ1n) is 5.98. The van der Waals surface area contributed by atoms with Crippen molar-refractivity contribution in [3.8, 4) is 5.75 Å². The quantitative estimate of drug-likeness (QED) is 0.748. The molecule has 0 radical (unpaired) electrons. The maximum atomic E-state index is 10.9. The Morgan fingerprint density at radius 3 is 2.39 bits per heavy atom. The smallest absolute Gasteiger partial charge is 0.122 e. The Bertz CT molecular complexity index is 506. The van der Waals surface area contributed by atoms with Crippen molar-refractivity contribution in [2.24, 2.45) is 0 Å². The highest BCUT2D eigenvalue weighted by Crippen LogP contribution is 2.33. The van der Waals surface area contributed by atoms with Gasteiger partial charge in [-0.15, -0.1) is 0 Å². The third-order valence-corrected chi connectivity index (χ3v) is 3.05. The monoisotopic (exact) mass is 240 g/mol. The number of aldehydes is 1. The molecule has 1 atom stereocenters. The van der Waals surface area contributed by atoms with E-state index in [2.05, 4.69) is 0 Å². The molecule has 2 aromatic rings. The van der Waals surface area contributed by atoms with Crippen LogP contribution < -0.4 is 4.74 Å². The molecule has 0 spiro atoms. The van der Waals surface area contributed by atoms with Crippen LogP contribution in [0.4, 0.5) is 0 Å². The van der Waals surface area contributed by atoms with E-state index in [1.165, 1.54) is 0 Å². The Hall–Kier alpha value is -2.09. The average molecular weight is 240 g/mol. The van der Waals surface area contributed by atoms with E-state index in [9.17, 15) is 4.79 Å². The van der Waals surface area contributed by atoms with Crippen LogP contribution in [0, 0.1) is 0 Å². The van der Waals surface area contributed by atoms with Gasteiger partial charge in [0.05, 0.1) is 7.11 Å². The predicted octanol–water partition coefficient (Wildman–Crippen LogP) is 3.42. The lowest BCUT2D eigenvalue weighted by Crippen LogP contribution is -2.04. The van der Waals surface area contributed by atoms with Crippen molar-refractivity contribution in [3.63, 3.8) is 0 Å². The van der Waals surface area contributed by atoms with Crippen LogP contribution in [0.15, 0.2) is 54.6 Å². The number of carbonyl (C=O) groups excluding carboxylic acids is 1. The molecule has 0 N–H and O–H groups in total. The van der Waals surface area contributed by atoms with Gasteiger partial charge in [-0.05, 0) is 11.6 Å². The van der Waals surface area contributed by atoms with E-state index in [-0.39, 0.29) is 5.92 Å². The Labute approximate surface area is 107 Å². The first kappa shape index (κ1) is 12.4. The minimum atomic E-state index is 0.0554. The Kier molecular flexibility index (Phi) is 4.13. The largest absolute Gasteiger partial charge is 0.496 e. The summed E-state index contributed by atoms with van der Waals surface area (Å²) in [5, 5.41) is 0. The summed E-state index contributed by atoms with van der Waals surface area (Å²) in [7, 11) is 1.65. The average Bonchev–Trinajstić information content (AvgIpc) is 2.46. The molecular weight excluding hydrogens is 224 g/mol. The third-order valence-electron chi connectivity index (χ3n) is 3.05. The van der Waals surface area contributed by atoms with E-state index < -0.39 is 0 Å². The SMILES string of the molecule is COc1ccccc1[C@H](CC=O)c1ccccc1. The highest BCUT2D eigenvalue weighted by atomic mass is 16.5. The standard InChI is InChI=1S/C16H16O2/c1-18-16-10-6-5-9-15(16)14(11-12-17)13-7-3-2-4-8-13/h2-10,12,14H,11H2,1H3/t14-/m1/s1. The maximum absolute atomic E-state index is 10.9. The van der Waals surface area contributed by atoms with E-state index >= 15 is 0 Å². The van der Waals surface area contributed by atoms with Crippen molar-refractivity contribution in [1.82, 2.24) is 0 Å². The molecule has 18 heavy (non-hydrogen) atoms. The predicted molar refractivity (Wildman–Crippen MR) is 72.0 cm³/mol. The van der Waals surface area contributed by atoms with Crippen LogP contribution in [-0.2, 0) is 4.79 Å². The minimum Gasteiger partial charge on any atom is -0.496 e. The molecule has 92 valence electrons. The molecule has 0 bridgehead atoms. The Morgan fingerprint density at radius 1 is 1.06 bits per heavy atom. The van der Waals surface area contributed by atoms with Gasteiger partial charge in [-0.1, -0.05) is 48.5 Å². The zero-order valence-electron chi connectivity index (χ0n) is 10.4. The molecule has 2 rings (SSSR count). The normalized spacial score (nSPS) is 11.8. The number of hydrogen-bond acceptors (Lipinski definition) is 2. The fourth-order valence-corrected chi connectivity index (χ4v) is 2.18. The van der Waals surface area contributed by atoms with Gasteiger partial charge in [0.15, 0.2) is 0 Å². The van der Waals surface area contributed by atoms with E-state index in [0.29, 0.717) is 6.42 Å². The molecule has 2 heteroatoms. The highest BCUT2D eigenvalue weighted by molar-refractivity contribution is 5.55. The molecule has 0 aliphatic carbocycles. The molecule has 0 aliphatic heterocycles. The topological polar surface area (TPSA) is 26.3 Å². The summed E-state index contributed by atoms with van der Waals surface area (Å²) < 4.78 is 5.38. The number of benzene rings is 2. The number of ether oxygens (including phenoxy) is 1. The van der Waals surface area contributed by atoms with Gasteiger partial charge in [0.2, 0.25) is 0 Å². The zero-order valence-corrected chi connectivity index (χ0v) is 10.4. The number of methoxy groups -OCH3 is 1. The third kappa shape index (κ3) is 2.59. The summed E-state index contributed by atoms with van der Waals surface area (Å²) in [6.07, 6.45) is 1.43. The number of para-hydroxylation sites is 1. The highest BCUT2D eigenvalue weighted by Gasteiger charge is 2.17. The molecule has 2 aromatic carbocycles. The lowest BCUT2D eigenvalue weighted by Gasteiger charge is -2.18. The first-order chi connectivity index (χ1) is 8.86. The number of rotatable bonds is 5. The molecule has 0 saturated carbocycles. The fraction of sp³-hybridized carbons (Fsp3) is 0.188. The fourth-order valence-electron chi connectivity index (χ4n) is 2.18. The molecule has 0 aromatic heterocycles. The van der Waals surface area contributed by atoms with Crippen molar-refractivity contribution in [2.45, 2.75) is 12.3 Å². The van der Waals surface area contributed by atoms with Gasteiger partial charge >= 0.3 is 0 Å². The molecule has 0 aliphatic rings. The van der Waals surface area contributed by atoms with Gasteiger partial charge in [-0.25, -0.2) is 0 Å². The molecule has 0 amide bonds. The van der Waals surface area contributed by atoms with Crippen LogP contribution in [0.25, 0.3) is 0 Å². The molecule has 0 saturated heterocycles. The summed E-state index contributed by atoms with van der Waals surface area (Å²) in [6, 6.07) is 17.9. The summed E-state index contributed by atoms with van der Waals surface area (Å²) >= 11 is 0. The van der Waals surface area contributed by atoms with Crippen LogP contribution in [0.2, 0.25) is 0 Å². The zero-order chi connectivity index (χ0) is 12.8. The summed E-state index contributed by atoms with van der Waals surface area (Å²) in [6.45, 7) is 0. The molecule has 0 fully saturated rings.